The van der Waals surface area contributed by atoms with Crippen LogP contribution in [0.3, 0.4) is 0 Å². The predicted octanol–water partition coefficient (Wildman–Crippen LogP) is 2.72. The van der Waals surface area contributed by atoms with Crippen molar-refractivity contribution in [2.45, 2.75) is 30.3 Å². The standard InChI is InChI=1S/C12H13F3O2S/c13-12(14,15)9-4-6-10(7-5-9)18-8-2-1-3-11(16)17/h4-7H,1-3,8H2,(H,16,17)/p-1. The monoisotopic (exact) mass is 277 g/mol. The van der Waals surface area contributed by atoms with Crippen molar-refractivity contribution in [3.8, 4) is 0 Å². The van der Waals surface area contributed by atoms with Crippen LogP contribution >= 0.6 is 11.8 Å². The van der Waals surface area contributed by atoms with Crippen molar-refractivity contribution in [3.05, 3.63) is 29.8 Å². The zero-order chi connectivity index (χ0) is 13.6. The van der Waals surface area contributed by atoms with E-state index >= 15 is 0 Å². The highest BCUT2D eigenvalue weighted by molar-refractivity contribution is 7.99. The van der Waals surface area contributed by atoms with E-state index in [9.17, 15) is 23.1 Å². The highest BCUT2D eigenvalue weighted by atomic mass is 32.2. The van der Waals surface area contributed by atoms with Crippen molar-refractivity contribution in [1.29, 1.82) is 0 Å². The molecule has 0 heterocycles. The molecule has 2 nitrogen and oxygen atoms in total. The molecule has 1 aromatic carbocycles. The van der Waals surface area contributed by atoms with Gasteiger partial charge in [0.1, 0.15) is 0 Å². The summed E-state index contributed by atoms with van der Waals surface area (Å²) in [4.78, 5) is 10.9. The van der Waals surface area contributed by atoms with Gasteiger partial charge in [0.05, 0.1) is 5.56 Å². The number of alkyl halides is 3. The Morgan fingerprint density at radius 1 is 1.17 bits per heavy atom. The van der Waals surface area contributed by atoms with Crippen molar-refractivity contribution in [1.82, 2.24) is 0 Å². The lowest BCUT2D eigenvalue weighted by molar-refractivity contribution is -0.305. The summed E-state index contributed by atoms with van der Waals surface area (Å²) in [6.45, 7) is 0. The molecule has 0 saturated heterocycles. The Labute approximate surface area is 107 Å². The second-order valence-electron chi connectivity index (χ2n) is 3.70. The third kappa shape index (κ3) is 5.44. The van der Waals surface area contributed by atoms with Crippen LogP contribution in [0.5, 0.6) is 0 Å². The van der Waals surface area contributed by atoms with E-state index in [0.29, 0.717) is 18.6 Å². The van der Waals surface area contributed by atoms with E-state index < -0.39 is 17.7 Å². The second kappa shape index (κ2) is 6.68. The highest BCUT2D eigenvalue weighted by Gasteiger charge is 2.29. The van der Waals surface area contributed by atoms with Gasteiger partial charge in [0.15, 0.2) is 0 Å². The van der Waals surface area contributed by atoms with E-state index in [0.717, 1.165) is 17.0 Å². The zero-order valence-corrected chi connectivity index (χ0v) is 10.3. The van der Waals surface area contributed by atoms with Crippen LogP contribution < -0.4 is 5.11 Å². The predicted molar refractivity (Wildman–Crippen MR) is 61.0 cm³/mol. The number of carboxylic acid groups (broad SMARTS) is 1. The number of carbonyl (C=O) groups excluding carboxylic acids is 1. The first-order valence-corrected chi connectivity index (χ1v) is 6.38. The van der Waals surface area contributed by atoms with Gasteiger partial charge in [-0.15, -0.1) is 11.8 Å². The number of thioether (sulfide) groups is 1. The number of hydrogen-bond acceptors (Lipinski definition) is 3. The van der Waals surface area contributed by atoms with E-state index in [-0.39, 0.29) is 6.42 Å². The number of unbranched alkanes of at least 4 members (excludes halogenated alkanes) is 1. The topological polar surface area (TPSA) is 40.1 Å². The molecule has 100 valence electrons. The summed E-state index contributed by atoms with van der Waals surface area (Å²) in [6.07, 6.45) is -3.07. The Morgan fingerprint density at radius 2 is 1.78 bits per heavy atom. The van der Waals surface area contributed by atoms with Crippen LogP contribution in [0.2, 0.25) is 0 Å². The minimum Gasteiger partial charge on any atom is -0.550 e. The second-order valence-corrected chi connectivity index (χ2v) is 4.87. The van der Waals surface area contributed by atoms with Crippen LogP contribution in [0, 0.1) is 0 Å². The van der Waals surface area contributed by atoms with E-state index in [4.69, 9.17) is 0 Å². The smallest absolute Gasteiger partial charge is 0.416 e. The van der Waals surface area contributed by atoms with Gasteiger partial charge in [-0.25, -0.2) is 0 Å². The van der Waals surface area contributed by atoms with Gasteiger partial charge in [-0.3, -0.25) is 0 Å². The van der Waals surface area contributed by atoms with Gasteiger partial charge in [0, 0.05) is 10.9 Å². The van der Waals surface area contributed by atoms with Gasteiger partial charge in [0.25, 0.3) is 0 Å². The fourth-order valence-electron chi connectivity index (χ4n) is 1.30. The first-order chi connectivity index (χ1) is 8.39. The van der Waals surface area contributed by atoms with E-state index in [2.05, 4.69) is 0 Å². The summed E-state index contributed by atoms with van der Waals surface area (Å²) in [5, 5.41) is 10.1. The molecule has 0 atom stereocenters. The number of benzene rings is 1. The fraction of sp³-hybridized carbons (Fsp3) is 0.417. The Morgan fingerprint density at radius 3 is 2.28 bits per heavy atom. The zero-order valence-electron chi connectivity index (χ0n) is 9.50. The minimum absolute atomic E-state index is 0.0214. The van der Waals surface area contributed by atoms with Gasteiger partial charge in [-0.05, 0) is 49.3 Å². The lowest BCUT2D eigenvalue weighted by Gasteiger charge is -2.07. The summed E-state index contributed by atoms with van der Waals surface area (Å²) in [6, 6.07) is 4.94. The largest absolute Gasteiger partial charge is 0.550 e. The van der Waals surface area contributed by atoms with Crippen LogP contribution in [-0.2, 0) is 11.0 Å². The van der Waals surface area contributed by atoms with Crippen molar-refractivity contribution in [3.63, 3.8) is 0 Å². The molecular formula is C12H12F3O2S-. The maximum Gasteiger partial charge on any atom is 0.416 e. The van der Waals surface area contributed by atoms with Gasteiger partial charge >= 0.3 is 6.18 Å². The summed E-state index contributed by atoms with van der Waals surface area (Å²) in [5.74, 6) is -0.395. The molecule has 0 radical (unpaired) electrons. The van der Waals surface area contributed by atoms with Gasteiger partial charge < -0.3 is 9.90 Å². The third-order valence-corrected chi connectivity index (χ3v) is 3.32. The van der Waals surface area contributed by atoms with Gasteiger partial charge in [-0.1, -0.05) is 0 Å². The number of aliphatic carboxylic acids is 1. The fourth-order valence-corrected chi connectivity index (χ4v) is 2.21. The van der Waals surface area contributed by atoms with Crippen molar-refractivity contribution in [2.75, 3.05) is 5.75 Å². The van der Waals surface area contributed by atoms with Gasteiger partial charge in [0.2, 0.25) is 0 Å². The molecule has 0 aliphatic rings. The van der Waals surface area contributed by atoms with E-state index in [1.54, 1.807) is 0 Å². The summed E-state index contributed by atoms with van der Waals surface area (Å²) >= 11 is 1.41. The van der Waals surface area contributed by atoms with Crippen molar-refractivity contribution in [2.24, 2.45) is 0 Å². The van der Waals surface area contributed by atoms with Crippen LogP contribution in [0.15, 0.2) is 29.2 Å². The number of hydrogen-bond donors (Lipinski definition) is 0. The molecule has 0 spiro atoms. The first-order valence-electron chi connectivity index (χ1n) is 5.39. The Hall–Kier alpha value is -1.17. The molecule has 0 N–H and O–H groups in total. The molecule has 0 unspecified atom stereocenters. The molecule has 0 aliphatic heterocycles. The molecule has 18 heavy (non-hydrogen) atoms. The molecule has 0 fully saturated rings. The van der Waals surface area contributed by atoms with Crippen LogP contribution in [0.4, 0.5) is 13.2 Å². The first kappa shape index (κ1) is 14.9. The van der Waals surface area contributed by atoms with Crippen LogP contribution in [0.25, 0.3) is 0 Å². The van der Waals surface area contributed by atoms with E-state index in [1.165, 1.54) is 23.9 Å². The average Bonchev–Trinajstić information content (AvgIpc) is 2.27. The van der Waals surface area contributed by atoms with E-state index in [1.807, 2.05) is 0 Å². The lowest BCUT2D eigenvalue weighted by atomic mass is 10.2. The number of carbonyl (C=O) groups is 1. The summed E-state index contributed by atoms with van der Waals surface area (Å²) < 4.78 is 36.8. The maximum atomic E-state index is 12.3. The number of halogens is 3. The Kier molecular flexibility index (Phi) is 5.53. The maximum absolute atomic E-state index is 12.3. The normalized spacial score (nSPS) is 11.5. The lowest BCUT2D eigenvalue weighted by Crippen LogP contribution is -2.21. The SMILES string of the molecule is O=C([O-])CCCCSc1ccc(C(F)(F)F)cc1. The van der Waals surface area contributed by atoms with Crippen LogP contribution in [0.1, 0.15) is 24.8 Å². The molecule has 0 amide bonds. The molecule has 0 bridgehead atoms. The average molecular weight is 277 g/mol. The quantitative estimate of drug-likeness (QED) is 0.593. The molecule has 6 heteroatoms. The molecule has 0 aromatic heterocycles. The van der Waals surface area contributed by atoms with Crippen molar-refractivity contribution < 1.29 is 23.1 Å². The number of carboxylic acids is 1. The minimum atomic E-state index is -4.31. The summed E-state index contributed by atoms with van der Waals surface area (Å²) in [5.41, 5.74) is -0.663. The molecule has 1 aromatic rings. The van der Waals surface area contributed by atoms with Crippen molar-refractivity contribution >= 4 is 17.7 Å². The molecular weight excluding hydrogens is 265 g/mol. The Bertz CT molecular complexity index is 387. The molecule has 1 rings (SSSR count). The third-order valence-electron chi connectivity index (χ3n) is 2.23. The summed E-state index contributed by atoms with van der Waals surface area (Å²) in [7, 11) is 0. The molecule has 0 aliphatic carbocycles. The van der Waals surface area contributed by atoms with Crippen LogP contribution in [-0.4, -0.2) is 11.7 Å². The number of rotatable bonds is 6. The molecule has 0 saturated carbocycles. The Balaban J connectivity index is 2.33. The highest BCUT2D eigenvalue weighted by Crippen LogP contribution is 2.30. The van der Waals surface area contributed by atoms with Gasteiger partial charge in [-0.2, -0.15) is 13.2 Å².